The molecule has 1 aromatic carbocycles. The smallest absolute Gasteiger partial charge is 0.338 e. The number of aromatic carboxylic acids is 1. The number of hydrogen-bond acceptors (Lipinski definition) is 5. The fourth-order valence-electron chi connectivity index (χ4n) is 2.29. The molecule has 120 valence electrons. The molecular formula is C16H15NO6. The van der Waals surface area contributed by atoms with Crippen LogP contribution < -0.4 is 9.47 Å². The number of carbonyl (C=O) groups is 2. The van der Waals surface area contributed by atoms with Gasteiger partial charge in [-0.3, -0.25) is 4.79 Å². The first-order valence-electron chi connectivity index (χ1n) is 7.00. The third-order valence-corrected chi connectivity index (χ3v) is 3.45. The molecule has 1 aromatic heterocycles. The minimum absolute atomic E-state index is 0.0259. The molecule has 7 nitrogen and oxygen atoms in total. The molecule has 0 unspecified atom stereocenters. The lowest BCUT2D eigenvalue weighted by Gasteiger charge is -2.29. The normalized spacial score (nSPS) is 16.0. The Bertz CT molecular complexity index is 738. The van der Waals surface area contributed by atoms with E-state index in [9.17, 15) is 9.59 Å². The number of fused-ring (bicyclic) bond motifs is 1. The Labute approximate surface area is 132 Å². The Balaban J connectivity index is 1.64. The van der Waals surface area contributed by atoms with Crippen molar-refractivity contribution in [2.75, 3.05) is 20.2 Å². The molecule has 1 amide bonds. The van der Waals surface area contributed by atoms with E-state index in [1.54, 1.807) is 13.1 Å². The van der Waals surface area contributed by atoms with E-state index in [1.807, 2.05) is 18.2 Å². The van der Waals surface area contributed by atoms with Gasteiger partial charge in [-0.2, -0.15) is 0 Å². The number of hydrogen-bond donors (Lipinski definition) is 1. The number of carboxylic acids is 1. The highest BCUT2D eigenvalue weighted by Crippen LogP contribution is 2.31. The third kappa shape index (κ3) is 3.13. The first-order chi connectivity index (χ1) is 11.0. The summed E-state index contributed by atoms with van der Waals surface area (Å²) in [6, 6.07) is 8.52. The topological polar surface area (TPSA) is 89.2 Å². The number of rotatable bonds is 4. The lowest BCUT2D eigenvalue weighted by molar-refractivity contribution is 0.0502. The molecule has 0 saturated carbocycles. The molecule has 1 aliphatic heterocycles. The van der Waals surface area contributed by atoms with Crippen LogP contribution in [0.25, 0.3) is 0 Å². The minimum Gasteiger partial charge on any atom is -0.486 e. The molecule has 2 heterocycles. The highest BCUT2D eigenvalue weighted by Gasteiger charge is 2.25. The predicted molar refractivity (Wildman–Crippen MR) is 79.0 cm³/mol. The highest BCUT2D eigenvalue weighted by molar-refractivity contribution is 5.95. The molecule has 1 atom stereocenters. The Morgan fingerprint density at radius 1 is 1.30 bits per heavy atom. The molecule has 0 bridgehead atoms. The van der Waals surface area contributed by atoms with E-state index in [4.69, 9.17) is 19.0 Å². The molecule has 0 radical (unpaired) electrons. The van der Waals surface area contributed by atoms with Crippen LogP contribution in [0.15, 0.2) is 41.0 Å². The van der Waals surface area contributed by atoms with E-state index in [2.05, 4.69) is 0 Å². The summed E-state index contributed by atoms with van der Waals surface area (Å²) in [6.45, 7) is 0.615. The molecule has 0 spiro atoms. The average Bonchev–Trinajstić information content (AvgIpc) is 3.04. The lowest BCUT2D eigenvalue weighted by atomic mass is 10.2. The highest BCUT2D eigenvalue weighted by atomic mass is 16.6. The summed E-state index contributed by atoms with van der Waals surface area (Å²) in [5.74, 6) is -0.274. The number of carboxylic acid groups (broad SMARTS) is 1. The van der Waals surface area contributed by atoms with Crippen molar-refractivity contribution in [3.05, 3.63) is 47.9 Å². The summed E-state index contributed by atoms with van der Waals surface area (Å²) in [6.07, 6.45) is 0.729. The monoisotopic (exact) mass is 317 g/mol. The zero-order chi connectivity index (χ0) is 16.4. The van der Waals surface area contributed by atoms with Crippen LogP contribution in [-0.2, 0) is 0 Å². The summed E-state index contributed by atoms with van der Waals surface area (Å²) in [5.41, 5.74) is -0.0621. The number of para-hydroxylation sites is 2. The van der Waals surface area contributed by atoms with Gasteiger partial charge in [-0.15, -0.1) is 0 Å². The van der Waals surface area contributed by atoms with E-state index in [0.717, 1.165) is 6.26 Å². The van der Waals surface area contributed by atoms with Crippen LogP contribution in [0.3, 0.4) is 0 Å². The molecule has 3 rings (SSSR count). The van der Waals surface area contributed by atoms with Gasteiger partial charge in [0.25, 0.3) is 5.91 Å². The van der Waals surface area contributed by atoms with Gasteiger partial charge in [0.2, 0.25) is 0 Å². The summed E-state index contributed by atoms with van der Waals surface area (Å²) in [4.78, 5) is 24.5. The summed E-state index contributed by atoms with van der Waals surface area (Å²) >= 11 is 0. The number of ether oxygens (including phenoxy) is 2. The van der Waals surface area contributed by atoms with E-state index in [1.165, 1.54) is 11.0 Å². The SMILES string of the molecule is CN(C[C@H]1COc2ccccc2O1)C(=O)c1cc(C(=O)O)co1. The van der Waals surface area contributed by atoms with Crippen molar-refractivity contribution in [2.24, 2.45) is 0 Å². The van der Waals surface area contributed by atoms with Crippen molar-refractivity contribution in [3.8, 4) is 11.5 Å². The zero-order valence-corrected chi connectivity index (χ0v) is 12.4. The Morgan fingerprint density at radius 2 is 2.04 bits per heavy atom. The van der Waals surface area contributed by atoms with Crippen molar-refractivity contribution >= 4 is 11.9 Å². The fourth-order valence-corrected chi connectivity index (χ4v) is 2.29. The van der Waals surface area contributed by atoms with Gasteiger partial charge >= 0.3 is 5.97 Å². The van der Waals surface area contributed by atoms with Gasteiger partial charge in [-0.05, 0) is 12.1 Å². The van der Waals surface area contributed by atoms with Crippen LogP contribution in [-0.4, -0.2) is 48.2 Å². The number of nitrogens with zero attached hydrogens (tertiary/aromatic N) is 1. The van der Waals surface area contributed by atoms with Crippen molar-refractivity contribution in [3.63, 3.8) is 0 Å². The maximum absolute atomic E-state index is 12.2. The van der Waals surface area contributed by atoms with Crippen LogP contribution in [0.1, 0.15) is 20.9 Å². The first-order valence-corrected chi connectivity index (χ1v) is 7.00. The molecule has 0 fully saturated rings. The molecule has 7 heteroatoms. The number of benzene rings is 1. The molecule has 1 aliphatic rings. The van der Waals surface area contributed by atoms with E-state index in [-0.39, 0.29) is 24.0 Å². The summed E-state index contributed by atoms with van der Waals surface area (Å²) in [7, 11) is 1.59. The van der Waals surface area contributed by atoms with Crippen molar-refractivity contribution in [1.82, 2.24) is 4.90 Å². The van der Waals surface area contributed by atoms with Crippen LogP contribution in [0.5, 0.6) is 11.5 Å². The Kier molecular flexibility index (Phi) is 3.92. The van der Waals surface area contributed by atoms with Gasteiger partial charge in [0.05, 0.1) is 12.1 Å². The number of carbonyl (C=O) groups excluding carboxylic acids is 1. The van der Waals surface area contributed by atoms with E-state index >= 15 is 0 Å². The molecule has 23 heavy (non-hydrogen) atoms. The predicted octanol–water partition coefficient (Wildman–Crippen LogP) is 1.89. The number of likely N-dealkylation sites (N-methyl/N-ethyl adjacent to an activating group) is 1. The van der Waals surface area contributed by atoms with Gasteiger partial charge in [0.1, 0.15) is 12.9 Å². The zero-order valence-electron chi connectivity index (χ0n) is 12.4. The summed E-state index contributed by atoms with van der Waals surface area (Å²) < 4.78 is 16.4. The van der Waals surface area contributed by atoms with Crippen LogP contribution >= 0.6 is 0 Å². The molecule has 1 N–H and O–H groups in total. The standard InChI is InChI=1S/C16H15NO6/c1-17(15(18)14-6-10(8-21-14)16(19)20)7-11-9-22-12-4-2-3-5-13(12)23-11/h2-6,8,11H,7,9H2,1H3,(H,19,20)/t11-/m0/s1. The van der Waals surface area contributed by atoms with Gasteiger partial charge in [-0.1, -0.05) is 12.1 Å². The van der Waals surface area contributed by atoms with Crippen LogP contribution in [0.4, 0.5) is 0 Å². The molecule has 2 aromatic rings. The van der Waals surface area contributed by atoms with Gasteiger partial charge in [0.15, 0.2) is 23.4 Å². The van der Waals surface area contributed by atoms with E-state index < -0.39 is 11.9 Å². The second kappa shape index (κ2) is 6.04. The summed E-state index contributed by atoms with van der Waals surface area (Å²) in [5, 5.41) is 8.85. The van der Waals surface area contributed by atoms with Crippen molar-refractivity contribution in [1.29, 1.82) is 0 Å². The number of furan rings is 1. The average molecular weight is 317 g/mol. The second-order valence-electron chi connectivity index (χ2n) is 5.19. The maximum atomic E-state index is 12.2. The largest absolute Gasteiger partial charge is 0.486 e. The Morgan fingerprint density at radius 3 is 2.74 bits per heavy atom. The Hall–Kier alpha value is -2.96. The van der Waals surface area contributed by atoms with Crippen molar-refractivity contribution in [2.45, 2.75) is 6.10 Å². The van der Waals surface area contributed by atoms with Gasteiger partial charge in [0, 0.05) is 13.1 Å². The third-order valence-electron chi connectivity index (χ3n) is 3.45. The van der Waals surface area contributed by atoms with Crippen LogP contribution in [0, 0.1) is 0 Å². The fraction of sp³-hybridized carbons (Fsp3) is 0.250. The minimum atomic E-state index is -1.14. The molecular weight excluding hydrogens is 302 g/mol. The van der Waals surface area contributed by atoms with Gasteiger partial charge in [-0.25, -0.2) is 4.79 Å². The van der Waals surface area contributed by atoms with Crippen LogP contribution in [0.2, 0.25) is 0 Å². The van der Waals surface area contributed by atoms with Crippen molar-refractivity contribution < 1.29 is 28.6 Å². The second-order valence-corrected chi connectivity index (χ2v) is 5.19. The number of amides is 1. The maximum Gasteiger partial charge on any atom is 0.338 e. The quantitative estimate of drug-likeness (QED) is 0.926. The molecule has 0 saturated heterocycles. The lowest BCUT2D eigenvalue weighted by Crippen LogP contribution is -2.41. The molecule has 0 aliphatic carbocycles. The van der Waals surface area contributed by atoms with E-state index in [0.29, 0.717) is 18.1 Å². The van der Waals surface area contributed by atoms with Gasteiger partial charge < -0.3 is 23.9 Å². The first kappa shape index (κ1) is 15.0.